The van der Waals surface area contributed by atoms with Gasteiger partial charge in [-0.1, -0.05) is 23.7 Å². The van der Waals surface area contributed by atoms with E-state index in [2.05, 4.69) is 39.3 Å². The molecule has 0 spiro atoms. The number of nitrogens with one attached hydrogen (secondary N) is 1. The zero-order valence-electron chi connectivity index (χ0n) is 16.4. The van der Waals surface area contributed by atoms with Gasteiger partial charge in [0.05, 0.1) is 0 Å². The van der Waals surface area contributed by atoms with Crippen LogP contribution in [0.5, 0.6) is 0 Å². The van der Waals surface area contributed by atoms with Crippen LogP contribution in [0.4, 0.5) is 0 Å². The maximum absolute atomic E-state index is 5.99. The second-order valence-corrected chi connectivity index (χ2v) is 7.85. The number of aliphatic imine (C=N–C) groups is 1. The Hall–Kier alpha value is -0.570. The number of guanidine groups is 1. The summed E-state index contributed by atoms with van der Waals surface area (Å²) in [5.74, 6) is 0.935. The van der Waals surface area contributed by atoms with Gasteiger partial charge < -0.3 is 15.0 Å². The highest BCUT2D eigenvalue weighted by molar-refractivity contribution is 14.0. The third-order valence-electron chi connectivity index (χ3n) is 5.68. The molecule has 27 heavy (non-hydrogen) atoms. The second kappa shape index (κ2) is 10.8. The van der Waals surface area contributed by atoms with Crippen molar-refractivity contribution in [2.45, 2.75) is 37.8 Å². The van der Waals surface area contributed by atoms with Crippen LogP contribution in [0.2, 0.25) is 5.02 Å². The minimum absolute atomic E-state index is 0. The van der Waals surface area contributed by atoms with Gasteiger partial charge in [-0.25, -0.2) is 0 Å². The molecule has 7 heteroatoms. The van der Waals surface area contributed by atoms with Crippen LogP contribution in [0.3, 0.4) is 0 Å². The van der Waals surface area contributed by atoms with Crippen molar-refractivity contribution in [2.24, 2.45) is 4.99 Å². The topological polar surface area (TPSA) is 40.1 Å². The van der Waals surface area contributed by atoms with E-state index in [0.717, 1.165) is 50.1 Å². The third-order valence-corrected chi connectivity index (χ3v) is 5.93. The molecule has 1 aromatic rings. The summed E-state index contributed by atoms with van der Waals surface area (Å²) in [6.07, 6.45) is 4.82. The van der Waals surface area contributed by atoms with Crippen LogP contribution >= 0.6 is 35.6 Å². The molecule has 0 saturated carbocycles. The molecule has 2 heterocycles. The molecule has 1 N–H and O–H groups in total. The van der Waals surface area contributed by atoms with Gasteiger partial charge in [0.25, 0.3) is 0 Å². The zero-order valence-corrected chi connectivity index (χ0v) is 19.5. The summed E-state index contributed by atoms with van der Waals surface area (Å²) in [4.78, 5) is 9.34. The Labute approximate surface area is 185 Å². The number of nitrogens with zero attached hydrogens (tertiary/aromatic N) is 3. The molecular formula is C20H32ClIN4O. The summed E-state index contributed by atoms with van der Waals surface area (Å²) in [5.41, 5.74) is 1.42. The average Bonchev–Trinajstić information content (AvgIpc) is 3.20. The predicted molar refractivity (Wildman–Crippen MR) is 123 cm³/mol. The van der Waals surface area contributed by atoms with Gasteiger partial charge >= 0.3 is 0 Å². The first kappa shape index (κ1) is 22.7. The Balaban J connectivity index is 0.00000261. The number of hydrogen-bond donors (Lipinski definition) is 1. The van der Waals surface area contributed by atoms with E-state index in [-0.39, 0.29) is 29.5 Å². The fourth-order valence-corrected chi connectivity index (χ4v) is 4.24. The van der Waals surface area contributed by atoms with Crippen molar-refractivity contribution in [1.82, 2.24) is 15.1 Å². The van der Waals surface area contributed by atoms with Crippen molar-refractivity contribution in [2.75, 3.05) is 46.9 Å². The van der Waals surface area contributed by atoms with Crippen LogP contribution in [-0.2, 0) is 11.3 Å². The predicted octanol–water partition coefficient (Wildman–Crippen LogP) is 3.61. The summed E-state index contributed by atoms with van der Waals surface area (Å²) < 4.78 is 5.65. The highest BCUT2D eigenvalue weighted by atomic mass is 127. The Morgan fingerprint density at radius 3 is 2.44 bits per heavy atom. The highest BCUT2D eigenvalue weighted by Gasteiger charge is 2.39. The van der Waals surface area contributed by atoms with Crippen LogP contribution in [0, 0.1) is 0 Å². The Morgan fingerprint density at radius 2 is 1.85 bits per heavy atom. The summed E-state index contributed by atoms with van der Waals surface area (Å²) in [6.45, 7) is 5.86. The number of halogens is 2. The van der Waals surface area contributed by atoms with E-state index >= 15 is 0 Å². The lowest BCUT2D eigenvalue weighted by atomic mass is 9.88. The van der Waals surface area contributed by atoms with E-state index in [9.17, 15) is 0 Å². The molecule has 0 aromatic heterocycles. The lowest BCUT2D eigenvalue weighted by Crippen LogP contribution is -2.58. The molecule has 152 valence electrons. The average molecular weight is 507 g/mol. The smallest absolute Gasteiger partial charge is 0.193 e. The molecule has 2 saturated heterocycles. The number of likely N-dealkylation sites (tertiary alicyclic amines) is 1. The number of benzene rings is 1. The Bertz CT molecular complexity index is 599. The molecule has 0 atom stereocenters. The van der Waals surface area contributed by atoms with Gasteiger partial charge in [-0.2, -0.15) is 0 Å². The number of hydrogen-bond acceptors (Lipinski definition) is 3. The maximum Gasteiger partial charge on any atom is 0.193 e. The molecule has 2 aliphatic heterocycles. The molecule has 0 radical (unpaired) electrons. The standard InChI is InChI=1S/C20H31ClN4O.HI/c1-22-19(24(2)15-17-5-7-18(21)8-6-17)23-16-20(9-13-26-14-10-20)25-11-3-4-12-25;/h5-8H,3-4,9-16H2,1-2H3,(H,22,23);1H. The van der Waals surface area contributed by atoms with Crippen molar-refractivity contribution in [3.05, 3.63) is 34.9 Å². The first-order chi connectivity index (χ1) is 12.6. The van der Waals surface area contributed by atoms with Crippen molar-refractivity contribution in [1.29, 1.82) is 0 Å². The lowest BCUT2D eigenvalue weighted by Gasteiger charge is -2.45. The van der Waals surface area contributed by atoms with Gasteiger partial charge in [0.2, 0.25) is 0 Å². The zero-order chi connectivity index (χ0) is 18.4. The monoisotopic (exact) mass is 506 g/mol. The van der Waals surface area contributed by atoms with Crippen LogP contribution in [0.1, 0.15) is 31.2 Å². The Kier molecular flexibility index (Phi) is 9.11. The van der Waals surface area contributed by atoms with Crippen LogP contribution in [0.25, 0.3) is 0 Å². The quantitative estimate of drug-likeness (QED) is 0.376. The fourth-order valence-electron chi connectivity index (χ4n) is 4.11. The number of rotatable bonds is 5. The third kappa shape index (κ3) is 5.95. The number of ether oxygens (including phenoxy) is 1. The van der Waals surface area contributed by atoms with Crippen LogP contribution < -0.4 is 5.32 Å². The van der Waals surface area contributed by atoms with Crippen molar-refractivity contribution < 1.29 is 4.74 Å². The SMILES string of the molecule is CN=C(NCC1(N2CCCC2)CCOCC1)N(C)Cc1ccc(Cl)cc1.I. The molecular weight excluding hydrogens is 475 g/mol. The minimum atomic E-state index is 0. The normalized spacial score (nSPS) is 20.2. The van der Waals surface area contributed by atoms with E-state index in [1.54, 1.807) is 0 Å². The fraction of sp³-hybridized carbons (Fsp3) is 0.650. The van der Waals surface area contributed by atoms with Gasteiger partial charge in [-0.05, 0) is 56.5 Å². The first-order valence-corrected chi connectivity index (χ1v) is 10.00. The van der Waals surface area contributed by atoms with E-state index in [1.807, 2.05) is 19.2 Å². The molecule has 5 nitrogen and oxygen atoms in total. The lowest BCUT2D eigenvalue weighted by molar-refractivity contribution is -0.0166. The highest BCUT2D eigenvalue weighted by Crippen LogP contribution is 2.30. The van der Waals surface area contributed by atoms with Gasteiger partial charge in [0, 0.05) is 51.0 Å². The first-order valence-electron chi connectivity index (χ1n) is 9.62. The van der Waals surface area contributed by atoms with E-state index < -0.39 is 0 Å². The summed E-state index contributed by atoms with van der Waals surface area (Å²) >= 11 is 5.99. The molecule has 2 fully saturated rings. The van der Waals surface area contributed by atoms with Gasteiger partial charge in [0.1, 0.15) is 0 Å². The van der Waals surface area contributed by atoms with Gasteiger partial charge in [-0.3, -0.25) is 9.89 Å². The molecule has 3 rings (SSSR count). The summed E-state index contributed by atoms with van der Waals surface area (Å²) in [5, 5.41) is 4.41. The van der Waals surface area contributed by atoms with E-state index in [1.165, 1.54) is 31.5 Å². The maximum atomic E-state index is 5.99. The van der Waals surface area contributed by atoms with Gasteiger partial charge in [0.15, 0.2) is 5.96 Å². The van der Waals surface area contributed by atoms with Crippen LogP contribution in [-0.4, -0.2) is 68.2 Å². The van der Waals surface area contributed by atoms with Crippen molar-refractivity contribution in [3.63, 3.8) is 0 Å². The minimum Gasteiger partial charge on any atom is -0.381 e. The van der Waals surface area contributed by atoms with E-state index in [4.69, 9.17) is 16.3 Å². The van der Waals surface area contributed by atoms with Crippen molar-refractivity contribution in [3.8, 4) is 0 Å². The van der Waals surface area contributed by atoms with Gasteiger partial charge in [-0.15, -0.1) is 24.0 Å². The van der Waals surface area contributed by atoms with Crippen molar-refractivity contribution >= 4 is 41.5 Å². The molecule has 0 amide bonds. The van der Waals surface area contributed by atoms with E-state index in [0.29, 0.717) is 0 Å². The summed E-state index contributed by atoms with van der Waals surface area (Å²) in [7, 11) is 3.93. The molecule has 0 aliphatic carbocycles. The second-order valence-electron chi connectivity index (χ2n) is 7.41. The molecule has 2 aliphatic rings. The molecule has 0 bridgehead atoms. The largest absolute Gasteiger partial charge is 0.381 e. The summed E-state index contributed by atoms with van der Waals surface area (Å²) in [6, 6.07) is 8.00. The Morgan fingerprint density at radius 1 is 1.22 bits per heavy atom. The molecule has 1 aromatic carbocycles. The van der Waals surface area contributed by atoms with Crippen LogP contribution in [0.15, 0.2) is 29.3 Å². The molecule has 0 unspecified atom stereocenters.